The molecule has 2 aromatic heterocycles. The second-order valence-electron chi connectivity index (χ2n) is 8.02. The van der Waals surface area contributed by atoms with Crippen LogP contribution in [-0.4, -0.2) is 39.8 Å². The molecule has 0 saturated heterocycles. The van der Waals surface area contributed by atoms with Crippen LogP contribution in [-0.2, 0) is 16.0 Å². The van der Waals surface area contributed by atoms with E-state index in [9.17, 15) is 22.4 Å². The van der Waals surface area contributed by atoms with Crippen molar-refractivity contribution >= 4 is 27.9 Å². The maximum atomic E-state index is 14.3. The molecule has 2 atom stereocenters. The fourth-order valence-electron chi connectivity index (χ4n) is 3.88. The van der Waals surface area contributed by atoms with Crippen LogP contribution in [0.5, 0.6) is 5.75 Å². The molecule has 0 saturated carbocycles. The van der Waals surface area contributed by atoms with Crippen molar-refractivity contribution in [2.75, 3.05) is 12.4 Å². The molecule has 1 aliphatic rings. The highest BCUT2D eigenvalue weighted by molar-refractivity contribution is 7.15. The lowest BCUT2D eigenvalue weighted by Gasteiger charge is -2.20. The van der Waals surface area contributed by atoms with Crippen LogP contribution in [0.15, 0.2) is 42.6 Å². The minimum Gasteiger partial charge on any atom is -0.406 e. The fourth-order valence-corrected chi connectivity index (χ4v) is 4.74. The maximum Gasteiger partial charge on any atom is 0.573 e. The summed E-state index contributed by atoms with van der Waals surface area (Å²) in [6.45, 7) is 0. The minimum absolute atomic E-state index is 0.173. The van der Waals surface area contributed by atoms with Gasteiger partial charge in [-0.15, -0.1) is 23.4 Å². The monoisotopic (exact) mass is 523 g/mol. The Morgan fingerprint density at radius 1 is 1.25 bits per heavy atom. The van der Waals surface area contributed by atoms with E-state index in [-0.39, 0.29) is 5.13 Å². The zero-order valence-corrected chi connectivity index (χ0v) is 19.8. The van der Waals surface area contributed by atoms with Gasteiger partial charge in [0.15, 0.2) is 6.10 Å². The number of alkyl halides is 3. The van der Waals surface area contributed by atoms with Gasteiger partial charge < -0.3 is 9.47 Å². The van der Waals surface area contributed by atoms with Crippen molar-refractivity contribution in [2.24, 2.45) is 5.92 Å². The van der Waals surface area contributed by atoms with Crippen molar-refractivity contribution in [3.05, 3.63) is 64.7 Å². The zero-order chi connectivity index (χ0) is 25.7. The van der Waals surface area contributed by atoms with Crippen LogP contribution in [0.3, 0.4) is 0 Å². The Morgan fingerprint density at radius 2 is 2.08 bits per heavy atom. The zero-order valence-electron chi connectivity index (χ0n) is 19.0. The van der Waals surface area contributed by atoms with Crippen LogP contribution >= 0.6 is 11.3 Å². The van der Waals surface area contributed by atoms with Crippen molar-refractivity contribution in [1.82, 2.24) is 20.4 Å². The summed E-state index contributed by atoms with van der Waals surface area (Å²) in [5.41, 5.74) is 1.62. The van der Waals surface area contributed by atoms with E-state index in [1.165, 1.54) is 11.3 Å². The van der Waals surface area contributed by atoms with Gasteiger partial charge in [-0.1, -0.05) is 17.4 Å². The highest BCUT2D eigenvalue weighted by Crippen LogP contribution is 2.33. The molecule has 190 valence electrons. The number of nitrogens with zero attached hydrogens (tertiary/aromatic N) is 4. The fraction of sp³-hybridized carbons (Fsp3) is 0.348. The van der Waals surface area contributed by atoms with Gasteiger partial charge in [-0.05, 0) is 61.1 Å². The highest BCUT2D eigenvalue weighted by Gasteiger charge is 2.32. The third-order valence-corrected chi connectivity index (χ3v) is 6.40. The molecular formula is C23H21F4N5O3S. The van der Waals surface area contributed by atoms with Crippen molar-refractivity contribution in [3.8, 4) is 5.75 Å². The second-order valence-corrected chi connectivity index (χ2v) is 9.08. The van der Waals surface area contributed by atoms with Crippen LogP contribution < -0.4 is 10.1 Å². The average molecular weight is 524 g/mol. The van der Waals surface area contributed by atoms with E-state index in [1.807, 2.05) is 12.1 Å². The summed E-state index contributed by atoms with van der Waals surface area (Å²) < 4.78 is 60.7. The van der Waals surface area contributed by atoms with Crippen molar-refractivity contribution in [1.29, 1.82) is 0 Å². The van der Waals surface area contributed by atoms with Gasteiger partial charge in [-0.3, -0.25) is 10.1 Å². The van der Waals surface area contributed by atoms with Crippen LogP contribution in [0.1, 0.15) is 41.6 Å². The largest absolute Gasteiger partial charge is 0.573 e. The van der Waals surface area contributed by atoms with E-state index in [1.54, 1.807) is 6.20 Å². The summed E-state index contributed by atoms with van der Waals surface area (Å²) in [6, 6.07) is 6.13. The summed E-state index contributed by atoms with van der Waals surface area (Å²) >= 11 is 1.17. The topological polar surface area (TPSA) is 99.1 Å². The lowest BCUT2D eigenvalue weighted by Crippen LogP contribution is -2.24. The highest BCUT2D eigenvalue weighted by atomic mass is 32.1. The van der Waals surface area contributed by atoms with Gasteiger partial charge in [0, 0.05) is 25.3 Å². The number of halogens is 4. The normalized spacial score (nSPS) is 16.8. The number of nitrogens with one attached hydrogen (secondary N) is 1. The van der Waals surface area contributed by atoms with Crippen LogP contribution in [0.2, 0.25) is 0 Å². The number of anilines is 1. The second kappa shape index (κ2) is 11.1. The van der Waals surface area contributed by atoms with Crippen molar-refractivity contribution in [2.45, 2.75) is 38.1 Å². The SMILES string of the molecule is CO[C@@H](C(=O)Nc1nnc(C[C@@H]2CC=C(c3cccnn3)CC2)s1)c1cc(OC(F)(F)F)ccc1F. The molecule has 36 heavy (non-hydrogen) atoms. The van der Waals surface area contributed by atoms with E-state index in [2.05, 4.69) is 36.5 Å². The van der Waals surface area contributed by atoms with Gasteiger partial charge >= 0.3 is 6.36 Å². The maximum absolute atomic E-state index is 14.3. The summed E-state index contributed by atoms with van der Waals surface area (Å²) in [5.74, 6) is -2.05. The first kappa shape index (κ1) is 25.6. The Balaban J connectivity index is 1.38. The van der Waals surface area contributed by atoms with E-state index < -0.39 is 35.5 Å². The lowest BCUT2D eigenvalue weighted by molar-refractivity contribution is -0.274. The Hall–Kier alpha value is -3.45. The number of hydrogen-bond donors (Lipinski definition) is 1. The van der Waals surface area contributed by atoms with Gasteiger partial charge in [-0.25, -0.2) is 4.39 Å². The van der Waals surface area contributed by atoms with E-state index in [0.717, 1.165) is 55.8 Å². The van der Waals surface area contributed by atoms with Crippen LogP contribution in [0.4, 0.5) is 22.7 Å². The molecule has 0 unspecified atom stereocenters. The van der Waals surface area contributed by atoms with E-state index in [4.69, 9.17) is 4.74 Å². The molecule has 2 heterocycles. The first-order valence-corrected chi connectivity index (χ1v) is 11.7. The summed E-state index contributed by atoms with van der Waals surface area (Å²) in [5, 5.41) is 19.5. The molecule has 0 radical (unpaired) electrons. The molecule has 4 rings (SSSR count). The first-order chi connectivity index (χ1) is 17.2. The standard InChI is InChI=1S/C23H21F4N5O3S/c1-34-20(16-12-15(8-9-17(16)24)35-23(25,26)27)21(33)29-22-32-31-19(36-22)11-13-4-6-14(7-5-13)18-3-2-10-28-30-18/h2-3,6,8-10,12-13,20H,4-5,7,11H2,1H3,(H,29,32,33)/t13-,20-/m1/s1. The van der Waals surface area contributed by atoms with E-state index >= 15 is 0 Å². The Bertz CT molecular complexity index is 1240. The first-order valence-electron chi connectivity index (χ1n) is 10.9. The average Bonchev–Trinajstić information content (AvgIpc) is 3.28. The number of ether oxygens (including phenoxy) is 2. The third-order valence-electron chi connectivity index (χ3n) is 5.54. The molecule has 1 aliphatic carbocycles. The Kier molecular flexibility index (Phi) is 7.89. The molecule has 0 spiro atoms. The molecule has 0 fully saturated rings. The van der Waals surface area contributed by atoms with Gasteiger partial charge in [0.25, 0.3) is 5.91 Å². The predicted molar refractivity (Wildman–Crippen MR) is 122 cm³/mol. The summed E-state index contributed by atoms with van der Waals surface area (Å²) in [4.78, 5) is 12.7. The predicted octanol–water partition coefficient (Wildman–Crippen LogP) is 5.12. The number of allylic oxidation sites excluding steroid dienone is 2. The molecule has 0 bridgehead atoms. The molecular weight excluding hydrogens is 502 g/mol. The smallest absolute Gasteiger partial charge is 0.406 e. The number of amides is 1. The third kappa shape index (κ3) is 6.61. The van der Waals surface area contributed by atoms with E-state index in [0.29, 0.717) is 17.3 Å². The number of benzene rings is 1. The Morgan fingerprint density at radius 3 is 2.75 bits per heavy atom. The number of methoxy groups -OCH3 is 1. The lowest BCUT2D eigenvalue weighted by atomic mass is 9.86. The van der Waals surface area contributed by atoms with Crippen LogP contribution in [0.25, 0.3) is 5.57 Å². The van der Waals surface area contributed by atoms with Gasteiger partial charge in [0.2, 0.25) is 5.13 Å². The van der Waals surface area contributed by atoms with Gasteiger partial charge in [0.05, 0.1) is 5.69 Å². The molecule has 3 aromatic rings. The molecule has 0 aliphatic heterocycles. The Labute approximate surface area is 207 Å². The number of rotatable bonds is 8. The molecule has 1 aromatic carbocycles. The number of carbonyl (C=O) groups is 1. The number of aromatic nitrogens is 4. The minimum atomic E-state index is -4.96. The summed E-state index contributed by atoms with van der Waals surface area (Å²) in [7, 11) is 1.14. The number of hydrogen-bond acceptors (Lipinski definition) is 8. The van der Waals surface area contributed by atoms with Crippen molar-refractivity contribution < 1.29 is 31.8 Å². The molecule has 8 nitrogen and oxygen atoms in total. The number of carbonyl (C=O) groups excluding carboxylic acids is 1. The molecule has 1 amide bonds. The molecule has 1 N–H and O–H groups in total. The summed E-state index contributed by atoms with van der Waals surface area (Å²) in [6.07, 6.45) is 0.592. The quantitative estimate of drug-likeness (QED) is 0.409. The van der Waals surface area contributed by atoms with Gasteiger partial charge in [-0.2, -0.15) is 10.2 Å². The van der Waals surface area contributed by atoms with Gasteiger partial charge in [0.1, 0.15) is 16.6 Å². The van der Waals surface area contributed by atoms with Crippen LogP contribution in [0, 0.1) is 11.7 Å². The molecule has 13 heteroatoms. The van der Waals surface area contributed by atoms with Crippen molar-refractivity contribution in [3.63, 3.8) is 0 Å².